The number of phenolic OH excluding ortho intramolecular Hbond substituents is 1. The second kappa shape index (κ2) is 4.80. The number of hydrogen-bond donors (Lipinski definition) is 2. The van der Waals surface area contributed by atoms with Crippen molar-refractivity contribution < 1.29 is 5.11 Å². The van der Waals surface area contributed by atoms with Crippen LogP contribution in [0.15, 0.2) is 49.6 Å². The fraction of sp³-hybridized carbons (Fsp3) is 0.231. The standard InChI is InChI=1S/C13H17NO/c1-3-8-13(14,9-4-2)11-6-5-7-12(15)10-11/h3-7,10,15H,1-2,8-9,14H2. The van der Waals surface area contributed by atoms with E-state index in [1.54, 1.807) is 30.4 Å². The molecule has 0 aromatic heterocycles. The van der Waals surface area contributed by atoms with Gasteiger partial charge in [-0.3, -0.25) is 0 Å². The average molecular weight is 203 g/mol. The van der Waals surface area contributed by atoms with E-state index in [4.69, 9.17) is 5.73 Å². The van der Waals surface area contributed by atoms with Crippen LogP contribution < -0.4 is 5.73 Å². The van der Waals surface area contributed by atoms with Crippen molar-refractivity contribution in [2.75, 3.05) is 0 Å². The molecule has 0 atom stereocenters. The van der Waals surface area contributed by atoms with Gasteiger partial charge < -0.3 is 10.8 Å². The van der Waals surface area contributed by atoms with Crippen molar-refractivity contribution in [3.63, 3.8) is 0 Å². The van der Waals surface area contributed by atoms with Gasteiger partial charge in [-0.15, -0.1) is 13.2 Å². The van der Waals surface area contributed by atoms with Gasteiger partial charge in [0.2, 0.25) is 0 Å². The Morgan fingerprint density at radius 2 is 1.87 bits per heavy atom. The van der Waals surface area contributed by atoms with Crippen LogP contribution in [0.25, 0.3) is 0 Å². The zero-order valence-corrected chi connectivity index (χ0v) is 8.82. The molecule has 80 valence electrons. The largest absolute Gasteiger partial charge is 0.508 e. The Labute approximate surface area is 90.7 Å². The third-order valence-electron chi connectivity index (χ3n) is 2.44. The maximum absolute atomic E-state index is 9.41. The molecule has 15 heavy (non-hydrogen) atoms. The molecule has 1 rings (SSSR count). The number of phenols is 1. The third-order valence-corrected chi connectivity index (χ3v) is 2.44. The fourth-order valence-corrected chi connectivity index (χ4v) is 1.65. The van der Waals surface area contributed by atoms with Crippen molar-refractivity contribution in [2.45, 2.75) is 18.4 Å². The van der Waals surface area contributed by atoms with Gasteiger partial charge in [-0.1, -0.05) is 24.3 Å². The van der Waals surface area contributed by atoms with Crippen LogP contribution in [0.4, 0.5) is 0 Å². The van der Waals surface area contributed by atoms with E-state index in [0.717, 1.165) is 5.56 Å². The van der Waals surface area contributed by atoms with E-state index in [2.05, 4.69) is 13.2 Å². The summed E-state index contributed by atoms with van der Waals surface area (Å²) < 4.78 is 0. The minimum atomic E-state index is -0.512. The molecule has 0 fully saturated rings. The van der Waals surface area contributed by atoms with Crippen LogP contribution in [0.1, 0.15) is 18.4 Å². The summed E-state index contributed by atoms with van der Waals surface area (Å²) >= 11 is 0. The monoisotopic (exact) mass is 203 g/mol. The van der Waals surface area contributed by atoms with Crippen LogP contribution in [-0.4, -0.2) is 5.11 Å². The van der Waals surface area contributed by atoms with Crippen molar-refractivity contribution in [3.05, 3.63) is 55.1 Å². The fourth-order valence-electron chi connectivity index (χ4n) is 1.65. The van der Waals surface area contributed by atoms with Crippen molar-refractivity contribution in [2.24, 2.45) is 5.73 Å². The molecule has 0 bridgehead atoms. The van der Waals surface area contributed by atoms with E-state index in [1.165, 1.54) is 0 Å². The molecule has 0 unspecified atom stereocenters. The lowest BCUT2D eigenvalue weighted by atomic mass is 9.84. The Kier molecular flexibility index (Phi) is 3.69. The molecule has 3 N–H and O–H groups in total. The molecule has 0 aliphatic heterocycles. The van der Waals surface area contributed by atoms with Gasteiger partial charge in [-0.25, -0.2) is 0 Å². The molecule has 1 aromatic carbocycles. The van der Waals surface area contributed by atoms with Gasteiger partial charge in [0.1, 0.15) is 5.75 Å². The first-order valence-corrected chi connectivity index (χ1v) is 4.92. The highest BCUT2D eigenvalue weighted by molar-refractivity contribution is 5.33. The lowest BCUT2D eigenvalue weighted by molar-refractivity contribution is 0.443. The highest BCUT2D eigenvalue weighted by Gasteiger charge is 2.24. The third kappa shape index (κ3) is 2.70. The van der Waals surface area contributed by atoms with E-state index in [-0.39, 0.29) is 5.75 Å². The first-order chi connectivity index (χ1) is 7.12. The van der Waals surface area contributed by atoms with Crippen LogP contribution in [0.5, 0.6) is 5.75 Å². The topological polar surface area (TPSA) is 46.2 Å². The molecule has 0 heterocycles. The SMILES string of the molecule is C=CCC(N)(CC=C)c1cccc(O)c1. The Hall–Kier alpha value is -1.54. The van der Waals surface area contributed by atoms with Crippen molar-refractivity contribution >= 4 is 0 Å². The zero-order valence-electron chi connectivity index (χ0n) is 8.82. The molecule has 0 saturated heterocycles. The normalized spacial score (nSPS) is 11.0. The van der Waals surface area contributed by atoms with Gasteiger partial charge in [0.05, 0.1) is 0 Å². The second-order valence-electron chi connectivity index (χ2n) is 3.69. The first kappa shape index (κ1) is 11.5. The van der Waals surface area contributed by atoms with E-state index in [0.29, 0.717) is 12.8 Å². The minimum Gasteiger partial charge on any atom is -0.508 e. The number of benzene rings is 1. The summed E-state index contributed by atoms with van der Waals surface area (Å²) in [6.45, 7) is 7.40. The molecule has 0 radical (unpaired) electrons. The maximum Gasteiger partial charge on any atom is 0.115 e. The quantitative estimate of drug-likeness (QED) is 0.723. The van der Waals surface area contributed by atoms with Crippen LogP contribution in [0, 0.1) is 0 Å². The lowest BCUT2D eigenvalue weighted by Gasteiger charge is -2.27. The highest BCUT2D eigenvalue weighted by atomic mass is 16.3. The molecule has 2 heteroatoms. The van der Waals surface area contributed by atoms with Gasteiger partial charge in [0.25, 0.3) is 0 Å². The summed E-state index contributed by atoms with van der Waals surface area (Å²) in [5.41, 5.74) is 6.65. The number of rotatable bonds is 5. The van der Waals surface area contributed by atoms with Gasteiger partial charge >= 0.3 is 0 Å². The molecule has 1 aromatic rings. The second-order valence-corrected chi connectivity index (χ2v) is 3.69. The summed E-state index contributed by atoms with van der Waals surface area (Å²) in [5, 5.41) is 9.41. The van der Waals surface area contributed by atoms with Gasteiger partial charge in [0, 0.05) is 5.54 Å². The maximum atomic E-state index is 9.41. The Bertz CT molecular complexity index is 347. The summed E-state index contributed by atoms with van der Waals surface area (Å²) in [7, 11) is 0. The van der Waals surface area contributed by atoms with Crippen LogP contribution in [0.3, 0.4) is 0 Å². The predicted octanol–water partition coefficient (Wildman–Crippen LogP) is 2.70. The first-order valence-electron chi connectivity index (χ1n) is 4.92. The number of hydrogen-bond acceptors (Lipinski definition) is 2. The molecular formula is C13H17NO. The van der Waals surface area contributed by atoms with E-state index in [1.807, 2.05) is 6.07 Å². The summed E-state index contributed by atoms with van der Waals surface area (Å²) in [6.07, 6.45) is 4.88. The minimum absolute atomic E-state index is 0.232. The molecule has 0 amide bonds. The van der Waals surface area contributed by atoms with Crippen LogP contribution >= 0.6 is 0 Å². The molecule has 2 nitrogen and oxygen atoms in total. The Balaban J connectivity index is 3.07. The smallest absolute Gasteiger partial charge is 0.115 e. The van der Waals surface area contributed by atoms with Crippen molar-refractivity contribution in [3.8, 4) is 5.75 Å². The van der Waals surface area contributed by atoms with E-state index in [9.17, 15) is 5.11 Å². The number of nitrogens with two attached hydrogens (primary N) is 1. The Morgan fingerprint density at radius 3 is 2.33 bits per heavy atom. The van der Waals surface area contributed by atoms with Gasteiger partial charge in [-0.2, -0.15) is 0 Å². The number of aromatic hydroxyl groups is 1. The van der Waals surface area contributed by atoms with Crippen molar-refractivity contribution in [1.29, 1.82) is 0 Å². The van der Waals surface area contributed by atoms with Crippen LogP contribution in [0.2, 0.25) is 0 Å². The zero-order chi connectivity index (χ0) is 11.3. The Morgan fingerprint density at radius 1 is 1.27 bits per heavy atom. The van der Waals surface area contributed by atoms with E-state index < -0.39 is 5.54 Å². The summed E-state index contributed by atoms with van der Waals surface area (Å²) in [4.78, 5) is 0. The van der Waals surface area contributed by atoms with E-state index >= 15 is 0 Å². The molecule has 0 saturated carbocycles. The molecule has 0 spiro atoms. The molecule has 0 aliphatic rings. The average Bonchev–Trinajstić information content (AvgIpc) is 2.18. The molecule has 0 aliphatic carbocycles. The van der Waals surface area contributed by atoms with Crippen LogP contribution in [-0.2, 0) is 5.54 Å². The van der Waals surface area contributed by atoms with Gasteiger partial charge in [0.15, 0.2) is 0 Å². The summed E-state index contributed by atoms with van der Waals surface area (Å²) in [6, 6.07) is 7.02. The van der Waals surface area contributed by atoms with Crippen molar-refractivity contribution in [1.82, 2.24) is 0 Å². The highest BCUT2D eigenvalue weighted by Crippen LogP contribution is 2.28. The predicted molar refractivity (Wildman–Crippen MR) is 63.6 cm³/mol. The summed E-state index contributed by atoms with van der Waals surface area (Å²) in [5.74, 6) is 0.232. The molecular weight excluding hydrogens is 186 g/mol. The lowest BCUT2D eigenvalue weighted by Crippen LogP contribution is -2.35. The van der Waals surface area contributed by atoms with Gasteiger partial charge in [-0.05, 0) is 30.5 Å².